The van der Waals surface area contributed by atoms with Crippen LogP contribution < -0.4 is 15.4 Å². The van der Waals surface area contributed by atoms with Gasteiger partial charge in [-0.15, -0.1) is 0 Å². The lowest BCUT2D eigenvalue weighted by Crippen LogP contribution is -2.32. The molecule has 12 heteroatoms. The van der Waals surface area contributed by atoms with Gasteiger partial charge in [0.15, 0.2) is 5.11 Å². The van der Waals surface area contributed by atoms with E-state index in [4.69, 9.17) is 17.0 Å². The van der Waals surface area contributed by atoms with Crippen LogP contribution in [0.3, 0.4) is 0 Å². The number of halogens is 1. The van der Waals surface area contributed by atoms with Crippen LogP contribution in [0.15, 0.2) is 72.9 Å². The van der Waals surface area contributed by atoms with Crippen molar-refractivity contribution in [1.82, 2.24) is 19.8 Å². The number of non-ortho nitro benzene ring substituents is 1. The number of nitro benzene ring substituents is 1. The molecular formula is C30H29FN6O4S. The molecule has 1 fully saturated rings. The van der Waals surface area contributed by atoms with Crippen molar-refractivity contribution in [1.29, 1.82) is 0 Å². The van der Waals surface area contributed by atoms with Crippen LogP contribution in [0, 0.1) is 29.8 Å². The van der Waals surface area contributed by atoms with Crippen LogP contribution in [0.1, 0.15) is 41.1 Å². The maximum absolute atomic E-state index is 13.3. The molecule has 1 saturated heterocycles. The van der Waals surface area contributed by atoms with E-state index in [1.165, 1.54) is 43.5 Å². The highest BCUT2D eigenvalue weighted by Gasteiger charge is 2.41. The van der Waals surface area contributed by atoms with Crippen LogP contribution >= 0.6 is 12.2 Å². The van der Waals surface area contributed by atoms with Gasteiger partial charge in [-0.1, -0.05) is 6.07 Å². The molecule has 3 heterocycles. The van der Waals surface area contributed by atoms with Gasteiger partial charge < -0.3 is 24.8 Å². The number of benzene rings is 2. The van der Waals surface area contributed by atoms with Gasteiger partial charge in [-0.25, -0.2) is 4.39 Å². The maximum atomic E-state index is 13.3. The SMILES string of the molecule is COc1ccc([N+](=O)[O-])cc1-n1c(C)cc([C@H]2[C@H](c3ccccn3)NC(=S)N2CCC(=O)Nc2ccc(F)cc2)c1C. The second-order valence-corrected chi connectivity index (χ2v) is 10.3. The summed E-state index contributed by atoms with van der Waals surface area (Å²) in [5.74, 6) is -0.133. The molecule has 2 aromatic heterocycles. The van der Waals surface area contributed by atoms with Gasteiger partial charge in [-0.05, 0) is 80.2 Å². The van der Waals surface area contributed by atoms with E-state index in [-0.39, 0.29) is 35.9 Å². The number of methoxy groups -OCH3 is 1. The van der Waals surface area contributed by atoms with Gasteiger partial charge in [0.25, 0.3) is 5.69 Å². The van der Waals surface area contributed by atoms with E-state index in [0.29, 0.717) is 28.8 Å². The van der Waals surface area contributed by atoms with E-state index >= 15 is 0 Å². The molecule has 1 aliphatic rings. The molecule has 2 atom stereocenters. The quantitative estimate of drug-likeness (QED) is 0.149. The van der Waals surface area contributed by atoms with Crippen molar-refractivity contribution in [3.05, 3.63) is 112 Å². The minimum absolute atomic E-state index is 0.0521. The summed E-state index contributed by atoms with van der Waals surface area (Å²) >= 11 is 5.76. The molecule has 0 aliphatic carbocycles. The molecule has 0 saturated carbocycles. The van der Waals surface area contributed by atoms with Crippen molar-refractivity contribution in [2.75, 3.05) is 19.0 Å². The third-order valence-corrected chi connectivity index (χ3v) is 7.66. The fourth-order valence-electron chi connectivity index (χ4n) is 5.39. The van der Waals surface area contributed by atoms with E-state index in [2.05, 4.69) is 15.6 Å². The number of hydrogen-bond donors (Lipinski definition) is 2. The third kappa shape index (κ3) is 5.66. The zero-order valence-electron chi connectivity index (χ0n) is 23.2. The molecular weight excluding hydrogens is 559 g/mol. The summed E-state index contributed by atoms with van der Waals surface area (Å²) in [4.78, 5) is 30.5. The Kier molecular flexibility index (Phi) is 8.16. The molecule has 1 amide bonds. The number of anilines is 1. The number of nitro groups is 1. The predicted octanol–water partition coefficient (Wildman–Crippen LogP) is 5.55. The number of aromatic nitrogens is 2. The Morgan fingerprint density at radius 2 is 1.93 bits per heavy atom. The van der Waals surface area contributed by atoms with Crippen LogP contribution in [0.2, 0.25) is 0 Å². The second kappa shape index (κ2) is 12.0. The van der Waals surface area contributed by atoms with Gasteiger partial charge in [0, 0.05) is 48.4 Å². The summed E-state index contributed by atoms with van der Waals surface area (Å²) in [5.41, 5.74) is 4.37. The number of hydrogen-bond acceptors (Lipinski definition) is 6. The largest absolute Gasteiger partial charge is 0.495 e. The first kappa shape index (κ1) is 28.7. The molecule has 4 aromatic rings. The molecule has 10 nitrogen and oxygen atoms in total. The van der Waals surface area contributed by atoms with Crippen molar-refractivity contribution in [3.8, 4) is 11.4 Å². The fraction of sp³-hybridized carbons (Fsp3) is 0.233. The van der Waals surface area contributed by atoms with Crippen molar-refractivity contribution >= 4 is 34.6 Å². The number of pyridine rings is 1. The normalized spacial score (nSPS) is 16.3. The number of aryl methyl sites for hydroxylation is 1. The fourth-order valence-corrected chi connectivity index (χ4v) is 5.72. The number of rotatable bonds is 9. The zero-order chi connectivity index (χ0) is 30.0. The van der Waals surface area contributed by atoms with Crippen LogP contribution in [0.4, 0.5) is 15.8 Å². The van der Waals surface area contributed by atoms with Crippen molar-refractivity contribution in [2.24, 2.45) is 0 Å². The number of amides is 1. The van der Waals surface area contributed by atoms with E-state index in [9.17, 15) is 19.3 Å². The number of nitrogens with one attached hydrogen (secondary N) is 2. The van der Waals surface area contributed by atoms with Gasteiger partial charge >= 0.3 is 0 Å². The topological polar surface area (TPSA) is 115 Å². The lowest BCUT2D eigenvalue weighted by molar-refractivity contribution is -0.384. The molecule has 42 heavy (non-hydrogen) atoms. The average molecular weight is 589 g/mol. The Balaban J connectivity index is 1.51. The Morgan fingerprint density at radius 1 is 1.17 bits per heavy atom. The summed E-state index contributed by atoms with van der Waals surface area (Å²) < 4.78 is 20.8. The van der Waals surface area contributed by atoms with Gasteiger partial charge in [0.1, 0.15) is 11.6 Å². The third-order valence-electron chi connectivity index (χ3n) is 7.31. The molecule has 0 bridgehead atoms. The highest BCUT2D eigenvalue weighted by atomic mass is 32.1. The van der Waals surface area contributed by atoms with Crippen molar-refractivity contribution in [2.45, 2.75) is 32.4 Å². The molecule has 0 spiro atoms. The van der Waals surface area contributed by atoms with E-state index in [1.807, 2.05) is 47.6 Å². The first-order chi connectivity index (χ1) is 20.2. The van der Waals surface area contributed by atoms with Crippen molar-refractivity contribution in [3.63, 3.8) is 0 Å². The molecule has 0 unspecified atom stereocenters. The number of nitrogens with zero attached hydrogens (tertiary/aromatic N) is 4. The Hall–Kier alpha value is -4.84. The van der Waals surface area contributed by atoms with Gasteiger partial charge in [-0.2, -0.15) is 0 Å². The Morgan fingerprint density at radius 3 is 2.60 bits per heavy atom. The first-order valence-electron chi connectivity index (χ1n) is 13.2. The Labute approximate surface area is 247 Å². The van der Waals surface area contributed by atoms with E-state index in [1.54, 1.807) is 12.3 Å². The van der Waals surface area contributed by atoms with Gasteiger partial charge in [-0.3, -0.25) is 19.9 Å². The molecule has 1 aliphatic heterocycles. The highest BCUT2D eigenvalue weighted by molar-refractivity contribution is 7.80. The first-order valence-corrected chi connectivity index (χ1v) is 13.6. The van der Waals surface area contributed by atoms with Crippen LogP contribution in [0.25, 0.3) is 5.69 Å². The molecule has 2 N–H and O–H groups in total. The smallest absolute Gasteiger partial charge is 0.271 e. The summed E-state index contributed by atoms with van der Waals surface area (Å²) in [6, 6.07) is 17.1. The molecule has 0 radical (unpaired) electrons. The Bertz CT molecular complexity index is 1640. The summed E-state index contributed by atoms with van der Waals surface area (Å²) in [6.45, 7) is 4.17. The van der Waals surface area contributed by atoms with Gasteiger partial charge in [0.2, 0.25) is 5.91 Å². The average Bonchev–Trinajstić information content (AvgIpc) is 3.47. The molecule has 2 aromatic carbocycles. The summed E-state index contributed by atoms with van der Waals surface area (Å²) in [5, 5.41) is 18.2. The molecule has 5 rings (SSSR count). The molecule has 216 valence electrons. The predicted molar refractivity (Wildman–Crippen MR) is 160 cm³/mol. The highest BCUT2D eigenvalue weighted by Crippen LogP contribution is 2.42. The minimum atomic E-state index is -0.437. The number of carbonyl (C=O) groups is 1. The summed E-state index contributed by atoms with van der Waals surface area (Å²) in [7, 11) is 1.52. The maximum Gasteiger partial charge on any atom is 0.271 e. The zero-order valence-corrected chi connectivity index (χ0v) is 24.0. The second-order valence-electron chi connectivity index (χ2n) is 9.90. The number of ether oxygens (including phenoxy) is 1. The van der Waals surface area contributed by atoms with Crippen molar-refractivity contribution < 1.29 is 18.8 Å². The van der Waals surface area contributed by atoms with E-state index < -0.39 is 4.92 Å². The van der Waals surface area contributed by atoms with Crippen LogP contribution in [-0.4, -0.2) is 44.0 Å². The number of carbonyl (C=O) groups excluding carboxylic acids is 1. The van der Waals surface area contributed by atoms with Crippen LogP contribution in [-0.2, 0) is 4.79 Å². The minimum Gasteiger partial charge on any atom is -0.495 e. The van der Waals surface area contributed by atoms with E-state index in [0.717, 1.165) is 22.6 Å². The number of thiocarbonyl (C=S) groups is 1. The monoisotopic (exact) mass is 588 g/mol. The lowest BCUT2D eigenvalue weighted by Gasteiger charge is -2.28. The van der Waals surface area contributed by atoms with Crippen LogP contribution in [0.5, 0.6) is 5.75 Å². The summed E-state index contributed by atoms with van der Waals surface area (Å²) in [6.07, 6.45) is 1.84. The lowest BCUT2D eigenvalue weighted by atomic mass is 9.96. The van der Waals surface area contributed by atoms with Gasteiger partial charge in [0.05, 0.1) is 35.5 Å². The standard InChI is InChI=1S/C30H29FN6O4S/c1-18-16-23(19(2)36(18)25-17-22(37(39)40)11-12-26(25)41-3)29-28(24-6-4-5-14-32-24)34-30(42)35(29)15-13-27(38)33-21-9-7-20(31)8-10-21/h4-12,14,16-17,28-29H,13,15H2,1-3H3,(H,33,38)(H,34,42)/t28-,29-/m0/s1.